The topological polar surface area (TPSA) is 141 Å². The molecule has 0 unspecified atom stereocenters. The van der Waals surface area contributed by atoms with Crippen molar-refractivity contribution in [3.63, 3.8) is 0 Å². The normalized spacial score (nSPS) is 10.8. The Hall–Kier alpha value is -4.38. The van der Waals surface area contributed by atoms with Gasteiger partial charge in [-0.25, -0.2) is 4.98 Å². The first-order chi connectivity index (χ1) is 13.7. The van der Waals surface area contributed by atoms with E-state index < -0.39 is 23.4 Å². The summed E-state index contributed by atoms with van der Waals surface area (Å²) in [5.41, 5.74) is 3.71. The number of aromatic amines is 1. The number of H-pyrrole nitrogens is 1. The molecule has 3 N–H and O–H groups in total. The summed E-state index contributed by atoms with van der Waals surface area (Å²) >= 11 is 0. The Morgan fingerprint density at radius 2 is 1.72 bits per heavy atom. The zero-order valence-electron chi connectivity index (χ0n) is 14.3. The maximum Gasteiger partial charge on any atom is 0.433 e. The lowest BCUT2D eigenvalue weighted by Crippen LogP contribution is -2.16. The number of aromatic nitrogens is 3. The van der Waals surface area contributed by atoms with E-state index in [1.54, 1.807) is 6.07 Å². The fourth-order valence-corrected chi connectivity index (χ4v) is 2.47. The lowest BCUT2D eigenvalue weighted by molar-refractivity contribution is -0.141. The molecule has 2 heterocycles. The lowest BCUT2D eigenvalue weighted by atomic mass is 9.97. The van der Waals surface area contributed by atoms with E-state index in [-0.39, 0.29) is 28.3 Å². The van der Waals surface area contributed by atoms with E-state index in [9.17, 15) is 28.5 Å². The van der Waals surface area contributed by atoms with Crippen LogP contribution in [0.5, 0.6) is 11.8 Å². The van der Waals surface area contributed by atoms with Gasteiger partial charge in [-0.05, 0) is 23.8 Å². The van der Waals surface area contributed by atoms with Crippen LogP contribution in [-0.4, -0.2) is 15.0 Å². The van der Waals surface area contributed by atoms with Gasteiger partial charge in [-0.15, -0.1) is 0 Å². The van der Waals surface area contributed by atoms with Crippen molar-refractivity contribution in [2.24, 2.45) is 0 Å². The van der Waals surface area contributed by atoms with E-state index in [1.165, 1.54) is 24.3 Å². The Kier molecular flexibility index (Phi) is 4.90. The first kappa shape index (κ1) is 19.4. The molecule has 0 bridgehead atoms. The van der Waals surface area contributed by atoms with Crippen molar-refractivity contribution in [2.45, 2.75) is 6.18 Å². The van der Waals surface area contributed by atoms with Crippen molar-refractivity contribution in [1.29, 1.82) is 10.5 Å². The molecule has 8 nitrogen and oxygen atoms in total. The Labute approximate surface area is 160 Å². The summed E-state index contributed by atoms with van der Waals surface area (Å²) in [6, 6.07) is 9.31. The summed E-state index contributed by atoms with van der Waals surface area (Å²) in [6.45, 7) is 0. The molecule has 0 atom stereocenters. The number of rotatable bonds is 3. The molecule has 11 heteroatoms. The molecule has 29 heavy (non-hydrogen) atoms. The van der Waals surface area contributed by atoms with E-state index in [0.717, 1.165) is 6.20 Å². The molecule has 3 rings (SSSR count). The van der Waals surface area contributed by atoms with Crippen LogP contribution in [0.3, 0.4) is 0 Å². The molecular formula is C18H9F3N6O2. The molecule has 0 radical (unpaired) electrons. The number of halogens is 3. The van der Waals surface area contributed by atoms with Gasteiger partial charge in [0.1, 0.15) is 34.8 Å². The number of hydrogen-bond donors (Lipinski definition) is 2. The molecule has 1 aromatic carbocycles. The van der Waals surface area contributed by atoms with Gasteiger partial charge in [0.05, 0.1) is 0 Å². The number of anilines is 1. The Balaban J connectivity index is 1.98. The number of nitrogen functional groups attached to an aromatic ring is 1. The molecule has 0 aliphatic rings. The third-order valence-corrected chi connectivity index (χ3v) is 3.74. The quantitative estimate of drug-likeness (QED) is 0.691. The summed E-state index contributed by atoms with van der Waals surface area (Å²) in [5.74, 6) is -0.0907. The second kappa shape index (κ2) is 7.32. The third kappa shape index (κ3) is 3.84. The Morgan fingerprint density at radius 3 is 2.31 bits per heavy atom. The monoisotopic (exact) mass is 398 g/mol. The average molecular weight is 398 g/mol. The minimum Gasteiger partial charge on any atom is -0.424 e. The number of pyridine rings is 1. The van der Waals surface area contributed by atoms with E-state index in [1.807, 2.05) is 6.07 Å². The molecular weight excluding hydrogens is 389 g/mol. The molecule has 0 saturated heterocycles. The highest BCUT2D eigenvalue weighted by atomic mass is 19.4. The predicted molar refractivity (Wildman–Crippen MR) is 93.4 cm³/mol. The predicted octanol–water partition coefficient (Wildman–Crippen LogP) is 2.97. The van der Waals surface area contributed by atoms with Gasteiger partial charge in [0.2, 0.25) is 0 Å². The maximum atomic E-state index is 12.7. The van der Waals surface area contributed by atoms with Crippen LogP contribution in [0.4, 0.5) is 19.0 Å². The number of alkyl halides is 3. The van der Waals surface area contributed by atoms with E-state index >= 15 is 0 Å². The van der Waals surface area contributed by atoms with Crippen LogP contribution in [0.25, 0.3) is 11.1 Å². The van der Waals surface area contributed by atoms with Crippen molar-refractivity contribution in [2.75, 3.05) is 5.73 Å². The van der Waals surface area contributed by atoms with Crippen molar-refractivity contribution in [3.05, 3.63) is 63.7 Å². The largest absolute Gasteiger partial charge is 0.433 e. The number of hydrogen-bond acceptors (Lipinski definition) is 7. The standard InChI is InChI=1S/C18H9F3N6O2/c19-18(20,21)13-5-6-25-17(26-13)29-10-3-1-9(2-4-10)14-11(7-22)15(24)27-16(28)12(14)8-23/h1-6H,(H3,24,27,28). The minimum atomic E-state index is -4.65. The fourth-order valence-electron chi connectivity index (χ4n) is 2.47. The highest BCUT2D eigenvalue weighted by Crippen LogP contribution is 2.31. The van der Waals surface area contributed by atoms with Crippen LogP contribution in [0.15, 0.2) is 41.3 Å². The molecule has 0 amide bonds. The SMILES string of the molecule is N#Cc1c(N)[nH]c(=O)c(C#N)c1-c1ccc(Oc2nccc(C(F)(F)F)n2)cc1. The summed E-state index contributed by atoms with van der Waals surface area (Å²) in [4.78, 5) is 21.1. The van der Waals surface area contributed by atoms with Gasteiger partial charge in [0.15, 0.2) is 5.69 Å². The Morgan fingerprint density at radius 1 is 1.07 bits per heavy atom. The first-order valence-corrected chi connectivity index (χ1v) is 7.79. The number of nitrogens with zero attached hydrogens (tertiary/aromatic N) is 4. The number of nitrogens with one attached hydrogen (secondary N) is 1. The van der Waals surface area contributed by atoms with Crippen molar-refractivity contribution in [3.8, 4) is 35.0 Å². The van der Waals surface area contributed by atoms with Crippen molar-refractivity contribution < 1.29 is 17.9 Å². The second-order valence-corrected chi connectivity index (χ2v) is 5.57. The summed E-state index contributed by atoms with van der Waals surface area (Å²) in [7, 11) is 0. The zero-order valence-corrected chi connectivity index (χ0v) is 14.3. The number of benzene rings is 1. The first-order valence-electron chi connectivity index (χ1n) is 7.79. The van der Waals surface area contributed by atoms with Gasteiger partial charge >= 0.3 is 12.2 Å². The van der Waals surface area contributed by atoms with Crippen LogP contribution >= 0.6 is 0 Å². The zero-order chi connectivity index (χ0) is 21.2. The third-order valence-electron chi connectivity index (χ3n) is 3.74. The summed E-state index contributed by atoms with van der Waals surface area (Å²) in [5, 5.41) is 18.6. The number of nitriles is 2. The smallest absolute Gasteiger partial charge is 0.424 e. The van der Waals surface area contributed by atoms with Crippen LogP contribution in [0, 0.1) is 22.7 Å². The molecule has 144 valence electrons. The molecule has 0 fully saturated rings. The molecule has 0 aliphatic carbocycles. The van der Waals surface area contributed by atoms with Gasteiger partial charge in [0.25, 0.3) is 5.56 Å². The van der Waals surface area contributed by atoms with Gasteiger partial charge in [-0.3, -0.25) is 4.79 Å². The minimum absolute atomic E-state index is 0.0399. The van der Waals surface area contributed by atoms with Gasteiger partial charge in [-0.1, -0.05) is 12.1 Å². The molecule has 3 aromatic rings. The molecule has 0 aliphatic heterocycles. The van der Waals surface area contributed by atoms with Crippen molar-refractivity contribution in [1.82, 2.24) is 15.0 Å². The fraction of sp³-hybridized carbons (Fsp3) is 0.0556. The summed E-state index contributed by atoms with van der Waals surface area (Å²) < 4.78 is 43.4. The van der Waals surface area contributed by atoms with Gasteiger partial charge < -0.3 is 15.5 Å². The van der Waals surface area contributed by atoms with Crippen molar-refractivity contribution >= 4 is 5.82 Å². The van der Waals surface area contributed by atoms with Gasteiger partial charge in [-0.2, -0.15) is 28.7 Å². The average Bonchev–Trinajstić information content (AvgIpc) is 2.68. The van der Waals surface area contributed by atoms with E-state index in [4.69, 9.17) is 10.5 Å². The van der Waals surface area contributed by atoms with E-state index in [0.29, 0.717) is 11.6 Å². The van der Waals surface area contributed by atoms with Crippen LogP contribution in [0.1, 0.15) is 16.8 Å². The summed E-state index contributed by atoms with van der Waals surface area (Å²) in [6.07, 6.45) is -3.73. The van der Waals surface area contributed by atoms with Crippen LogP contribution in [-0.2, 0) is 6.18 Å². The number of nitrogens with two attached hydrogens (primary N) is 1. The highest BCUT2D eigenvalue weighted by molar-refractivity contribution is 5.80. The highest BCUT2D eigenvalue weighted by Gasteiger charge is 2.33. The lowest BCUT2D eigenvalue weighted by Gasteiger charge is -2.10. The maximum absolute atomic E-state index is 12.7. The van der Waals surface area contributed by atoms with E-state index in [2.05, 4.69) is 15.0 Å². The molecule has 0 saturated carbocycles. The van der Waals surface area contributed by atoms with Crippen LogP contribution < -0.4 is 16.0 Å². The second-order valence-electron chi connectivity index (χ2n) is 5.57. The molecule has 2 aromatic heterocycles. The Bertz CT molecular complexity index is 1220. The number of ether oxygens (including phenoxy) is 1. The van der Waals surface area contributed by atoms with Crippen LogP contribution in [0.2, 0.25) is 0 Å². The molecule has 0 spiro atoms. The van der Waals surface area contributed by atoms with Gasteiger partial charge in [0, 0.05) is 11.8 Å².